The molecule has 2 aromatic carbocycles. The van der Waals surface area contributed by atoms with E-state index in [0.29, 0.717) is 5.56 Å². The number of hydrogen-bond acceptors (Lipinski definition) is 1. The summed E-state index contributed by atoms with van der Waals surface area (Å²) in [6, 6.07) is 13.5. The quantitative estimate of drug-likeness (QED) is 0.643. The highest BCUT2D eigenvalue weighted by molar-refractivity contribution is 14.1. The average molecular weight is 376 g/mol. The van der Waals surface area contributed by atoms with Gasteiger partial charge in [-0.3, -0.25) is 4.79 Å². The highest BCUT2D eigenvalue weighted by Crippen LogP contribution is 2.19. The molecule has 3 nitrogen and oxygen atoms in total. The van der Waals surface area contributed by atoms with Crippen LogP contribution in [0.3, 0.4) is 0 Å². The van der Waals surface area contributed by atoms with Crippen molar-refractivity contribution in [2.45, 2.75) is 6.92 Å². The van der Waals surface area contributed by atoms with Crippen molar-refractivity contribution in [2.24, 2.45) is 0 Å². The molecule has 0 aliphatic rings. The maximum Gasteiger partial charge on any atom is 0.255 e. The smallest absolute Gasteiger partial charge is 0.255 e. The summed E-state index contributed by atoms with van der Waals surface area (Å²) in [5.74, 6) is -0.0900. The van der Waals surface area contributed by atoms with E-state index in [0.717, 1.165) is 20.2 Å². The Bertz CT molecular complexity index is 792. The van der Waals surface area contributed by atoms with Crippen LogP contribution in [0.4, 0.5) is 5.69 Å². The Labute approximate surface area is 130 Å². The van der Waals surface area contributed by atoms with E-state index >= 15 is 0 Å². The zero-order valence-corrected chi connectivity index (χ0v) is 13.1. The second kappa shape index (κ2) is 5.28. The minimum absolute atomic E-state index is 0.0900. The first-order valence-corrected chi connectivity index (χ1v) is 7.36. The van der Waals surface area contributed by atoms with Gasteiger partial charge in [-0.2, -0.15) is 0 Å². The van der Waals surface area contributed by atoms with Crippen molar-refractivity contribution >= 4 is 45.1 Å². The number of rotatable bonds is 2. The number of benzene rings is 2. The molecule has 0 spiro atoms. The summed E-state index contributed by atoms with van der Waals surface area (Å²) in [6.07, 6.45) is 1.87. The van der Waals surface area contributed by atoms with Crippen LogP contribution in [0.5, 0.6) is 0 Å². The Hall–Kier alpha value is -1.82. The zero-order chi connectivity index (χ0) is 14.1. The van der Waals surface area contributed by atoms with Crippen LogP contribution in [0.2, 0.25) is 0 Å². The summed E-state index contributed by atoms with van der Waals surface area (Å²) in [7, 11) is 0. The normalized spacial score (nSPS) is 10.7. The van der Waals surface area contributed by atoms with Crippen LogP contribution >= 0.6 is 22.6 Å². The molecule has 1 aromatic heterocycles. The molecule has 1 amide bonds. The third-order valence-electron chi connectivity index (χ3n) is 3.25. The molecular weight excluding hydrogens is 363 g/mol. The standard InChI is InChI=1S/C16H13IN2O/c1-10-2-4-13(9-14(10)17)19-16(20)12-3-5-15-11(8-12)6-7-18-15/h2-9,18H,1H3,(H,19,20). The van der Waals surface area contributed by atoms with Crippen molar-refractivity contribution < 1.29 is 4.79 Å². The number of hydrogen-bond donors (Lipinski definition) is 2. The largest absolute Gasteiger partial charge is 0.361 e. The molecule has 0 atom stereocenters. The lowest BCUT2D eigenvalue weighted by molar-refractivity contribution is 0.102. The van der Waals surface area contributed by atoms with E-state index < -0.39 is 0 Å². The molecular formula is C16H13IN2O. The third kappa shape index (κ3) is 2.56. The molecule has 3 rings (SSSR count). The second-order valence-electron chi connectivity index (χ2n) is 4.70. The lowest BCUT2D eigenvalue weighted by Crippen LogP contribution is -2.11. The Morgan fingerprint density at radius 3 is 2.80 bits per heavy atom. The summed E-state index contributed by atoms with van der Waals surface area (Å²) >= 11 is 2.27. The number of amides is 1. The topological polar surface area (TPSA) is 44.9 Å². The molecule has 0 saturated heterocycles. The molecule has 20 heavy (non-hydrogen) atoms. The third-order valence-corrected chi connectivity index (χ3v) is 4.41. The van der Waals surface area contributed by atoms with Crippen LogP contribution in [0, 0.1) is 10.5 Å². The van der Waals surface area contributed by atoms with Gasteiger partial charge < -0.3 is 10.3 Å². The fourth-order valence-electron chi connectivity index (χ4n) is 2.07. The lowest BCUT2D eigenvalue weighted by Gasteiger charge is -2.07. The summed E-state index contributed by atoms with van der Waals surface area (Å²) < 4.78 is 1.14. The first-order chi connectivity index (χ1) is 9.63. The lowest BCUT2D eigenvalue weighted by atomic mass is 10.1. The van der Waals surface area contributed by atoms with Crippen LogP contribution in [-0.2, 0) is 0 Å². The van der Waals surface area contributed by atoms with E-state index in [2.05, 4.69) is 32.9 Å². The second-order valence-corrected chi connectivity index (χ2v) is 5.86. The number of carbonyl (C=O) groups excluding carboxylic acids is 1. The van der Waals surface area contributed by atoms with Crippen molar-refractivity contribution in [2.75, 3.05) is 5.32 Å². The van der Waals surface area contributed by atoms with Crippen LogP contribution in [0.25, 0.3) is 10.9 Å². The number of halogens is 1. The van der Waals surface area contributed by atoms with E-state index in [1.54, 1.807) is 0 Å². The average Bonchev–Trinajstić information content (AvgIpc) is 2.90. The molecule has 0 radical (unpaired) electrons. The van der Waals surface area contributed by atoms with Crippen molar-refractivity contribution in [3.8, 4) is 0 Å². The SMILES string of the molecule is Cc1ccc(NC(=O)c2ccc3[nH]ccc3c2)cc1I. The maximum atomic E-state index is 12.3. The van der Waals surface area contributed by atoms with Gasteiger partial charge in [-0.25, -0.2) is 0 Å². The van der Waals surface area contributed by atoms with Gasteiger partial charge >= 0.3 is 0 Å². The first kappa shape index (κ1) is 13.2. The minimum atomic E-state index is -0.0900. The highest BCUT2D eigenvalue weighted by atomic mass is 127. The van der Waals surface area contributed by atoms with Crippen LogP contribution < -0.4 is 5.32 Å². The van der Waals surface area contributed by atoms with Gasteiger partial charge in [0.05, 0.1) is 0 Å². The number of aryl methyl sites for hydroxylation is 1. The van der Waals surface area contributed by atoms with Gasteiger partial charge in [0, 0.05) is 31.9 Å². The van der Waals surface area contributed by atoms with Crippen LogP contribution in [0.15, 0.2) is 48.7 Å². The van der Waals surface area contributed by atoms with E-state index in [-0.39, 0.29) is 5.91 Å². The number of fused-ring (bicyclic) bond motifs is 1. The van der Waals surface area contributed by atoms with Gasteiger partial charge in [0.2, 0.25) is 0 Å². The van der Waals surface area contributed by atoms with E-state index in [1.807, 2.05) is 55.6 Å². The van der Waals surface area contributed by atoms with Gasteiger partial charge in [0.25, 0.3) is 5.91 Å². The Morgan fingerprint density at radius 2 is 2.00 bits per heavy atom. The Morgan fingerprint density at radius 1 is 1.15 bits per heavy atom. The van der Waals surface area contributed by atoms with Crippen molar-refractivity contribution in [3.63, 3.8) is 0 Å². The highest BCUT2D eigenvalue weighted by Gasteiger charge is 2.08. The fraction of sp³-hybridized carbons (Fsp3) is 0.0625. The van der Waals surface area contributed by atoms with Crippen molar-refractivity contribution in [1.29, 1.82) is 0 Å². The number of carbonyl (C=O) groups is 1. The van der Waals surface area contributed by atoms with Gasteiger partial charge in [-0.1, -0.05) is 6.07 Å². The molecule has 0 aliphatic carbocycles. The van der Waals surface area contributed by atoms with Gasteiger partial charge in [0.15, 0.2) is 0 Å². The molecule has 0 saturated carbocycles. The molecule has 0 bridgehead atoms. The van der Waals surface area contributed by atoms with Gasteiger partial charge in [-0.15, -0.1) is 0 Å². The van der Waals surface area contributed by atoms with Crippen molar-refractivity contribution in [1.82, 2.24) is 4.98 Å². The summed E-state index contributed by atoms with van der Waals surface area (Å²) in [5, 5.41) is 3.97. The molecule has 0 fully saturated rings. The summed E-state index contributed by atoms with van der Waals surface area (Å²) in [6.45, 7) is 2.05. The molecule has 100 valence electrons. The molecule has 4 heteroatoms. The molecule has 3 aromatic rings. The minimum Gasteiger partial charge on any atom is -0.361 e. The number of anilines is 1. The zero-order valence-electron chi connectivity index (χ0n) is 10.9. The summed E-state index contributed by atoms with van der Waals surface area (Å²) in [4.78, 5) is 15.4. The van der Waals surface area contributed by atoms with Gasteiger partial charge in [0.1, 0.15) is 0 Å². The molecule has 1 heterocycles. The first-order valence-electron chi connectivity index (χ1n) is 6.28. The molecule has 2 N–H and O–H groups in total. The van der Waals surface area contributed by atoms with E-state index in [9.17, 15) is 4.79 Å². The molecule has 0 aliphatic heterocycles. The summed E-state index contributed by atoms with van der Waals surface area (Å²) in [5.41, 5.74) is 3.72. The molecule has 0 unspecified atom stereocenters. The predicted molar refractivity (Wildman–Crippen MR) is 90.1 cm³/mol. The van der Waals surface area contributed by atoms with Crippen molar-refractivity contribution in [3.05, 3.63) is 63.4 Å². The fourth-order valence-corrected chi connectivity index (χ4v) is 2.58. The number of aromatic nitrogens is 1. The number of nitrogens with one attached hydrogen (secondary N) is 2. The monoisotopic (exact) mass is 376 g/mol. The maximum absolute atomic E-state index is 12.3. The van der Waals surface area contributed by atoms with E-state index in [1.165, 1.54) is 5.56 Å². The predicted octanol–water partition coefficient (Wildman–Crippen LogP) is 4.33. The Balaban J connectivity index is 1.86. The number of aromatic amines is 1. The van der Waals surface area contributed by atoms with Crippen LogP contribution in [0.1, 0.15) is 15.9 Å². The number of H-pyrrole nitrogens is 1. The van der Waals surface area contributed by atoms with E-state index in [4.69, 9.17) is 0 Å². The van der Waals surface area contributed by atoms with Crippen LogP contribution in [-0.4, -0.2) is 10.9 Å². The van der Waals surface area contributed by atoms with Gasteiger partial charge in [-0.05, 0) is 71.5 Å². The Kier molecular flexibility index (Phi) is 3.48.